The van der Waals surface area contributed by atoms with E-state index < -0.39 is 0 Å². The quantitative estimate of drug-likeness (QED) is 0.585. The minimum atomic E-state index is 0.355. The number of hydroxylamine groups is 1. The van der Waals surface area contributed by atoms with E-state index in [9.17, 15) is 4.79 Å². The van der Waals surface area contributed by atoms with Gasteiger partial charge in [0.15, 0.2) is 0 Å². The Bertz CT molecular complexity index is 525. The molecule has 1 amide bonds. The molecule has 0 bridgehead atoms. The van der Waals surface area contributed by atoms with Crippen molar-refractivity contribution in [3.63, 3.8) is 0 Å². The summed E-state index contributed by atoms with van der Waals surface area (Å²) >= 11 is 0. The molecule has 2 rings (SSSR count). The van der Waals surface area contributed by atoms with E-state index in [0.717, 1.165) is 11.1 Å². The molecule has 3 nitrogen and oxygen atoms in total. The summed E-state index contributed by atoms with van der Waals surface area (Å²) in [6, 6.07) is 17.3. The fraction of sp³-hybridized carbons (Fsp3) is 0.125. The van der Waals surface area contributed by atoms with Crippen LogP contribution in [-0.2, 0) is 22.7 Å². The Morgan fingerprint density at radius 3 is 2.47 bits per heavy atom. The van der Waals surface area contributed by atoms with Crippen molar-refractivity contribution in [2.24, 2.45) is 0 Å². The molecule has 0 heterocycles. The maximum absolute atomic E-state index is 11.1. The zero-order chi connectivity index (χ0) is 13.5. The zero-order valence-electron chi connectivity index (χ0n) is 10.7. The lowest BCUT2D eigenvalue weighted by Gasteiger charge is -2.17. The van der Waals surface area contributed by atoms with Crippen molar-refractivity contribution in [3.8, 4) is 0 Å². The van der Waals surface area contributed by atoms with E-state index in [1.165, 1.54) is 5.06 Å². The topological polar surface area (TPSA) is 29.5 Å². The van der Waals surface area contributed by atoms with Crippen molar-refractivity contribution in [2.75, 3.05) is 5.06 Å². The number of amides is 1. The lowest BCUT2D eigenvalue weighted by atomic mass is 10.1. The Morgan fingerprint density at radius 2 is 1.79 bits per heavy atom. The number of carbonyl (C=O) groups is 1. The maximum atomic E-state index is 11.1. The van der Waals surface area contributed by atoms with Crippen LogP contribution >= 0.6 is 0 Å². The fourth-order valence-corrected chi connectivity index (χ4v) is 1.73. The molecule has 0 spiro atoms. The molecule has 0 fully saturated rings. The van der Waals surface area contributed by atoms with Crippen LogP contribution in [0.15, 0.2) is 54.6 Å². The van der Waals surface area contributed by atoms with E-state index in [2.05, 4.69) is 6.92 Å². The van der Waals surface area contributed by atoms with Gasteiger partial charge in [0, 0.05) is 0 Å². The van der Waals surface area contributed by atoms with Crippen LogP contribution in [0.5, 0.6) is 0 Å². The predicted molar refractivity (Wildman–Crippen MR) is 75.3 cm³/mol. The maximum Gasteiger partial charge on any atom is 0.238 e. The molecule has 19 heavy (non-hydrogen) atoms. The van der Waals surface area contributed by atoms with Crippen molar-refractivity contribution in [2.45, 2.75) is 13.0 Å². The largest absolute Gasteiger partial charge is 0.276 e. The number of anilines is 1. The molecule has 2 aromatic carbocycles. The Labute approximate surface area is 113 Å². The number of carbonyl (C=O) groups excluding carboxylic acids is 1. The second-order valence-electron chi connectivity index (χ2n) is 4.11. The third-order valence-corrected chi connectivity index (χ3v) is 2.76. The highest BCUT2D eigenvalue weighted by Gasteiger charge is 2.06. The summed E-state index contributed by atoms with van der Waals surface area (Å²) in [6.45, 7) is 4.18. The van der Waals surface area contributed by atoms with Crippen molar-refractivity contribution in [1.82, 2.24) is 0 Å². The second kappa shape index (κ2) is 6.71. The molecule has 0 saturated heterocycles. The molecule has 0 aliphatic carbocycles. The van der Waals surface area contributed by atoms with E-state index in [1.807, 2.05) is 54.6 Å². The average molecular weight is 254 g/mol. The predicted octanol–water partition coefficient (Wildman–Crippen LogP) is 3.16. The van der Waals surface area contributed by atoms with Gasteiger partial charge in [0.1, 0.15) is 6.61 Å². The molecular weight excluding hydrogens is 238 g/mol. The Morgan fingerprint density at radius 1 is 1.05 bits per heavy atom. The molecular formula is C16H16NO2. The van der Waals surface area contributed by atoms with Gasteiger partial charge in [-0.1, -0.05) is 42.5 Å². The number of benzene rings is 2. The average Bonchev–Trinajstić information content (AvgIpc) is 2.49. The summed E-state index contributed by atoms with van der Waals surface area (Å²) in [6.07, 6.45) is 1.35. The first-order chi connectivity index (χ1) is 9.33. The van der Waals surface area contributed by atoms with Gasteiger partial charge in [-0.15, -0.1) is 0 Å². The first-order valence-corrected chi connectivity index (χ1v) is 6.13. The van der Waals surface area contributed by atoms with E-state index >= 15 is 0 Å². The molecule has 2 aromatic rings. The highest BCUT2D eigenvalue weighted by molar-refractivity contribution is 5.72. The van der Waals surface area contributed by atoms with Crippen LogP contribution in [0.25, 0.3) is 0 Å². The zero-order valence-corrected chi connectivity index (χ0v) is 10.7. The smallest absolute Gasteiger partial charge is 0.238 e. The highest BCUT2D eigenvalue weighted by atomic mass is 16.7. The monoisotopic (exact) mass is 254 g/mol. The van der Waals surface area contributed by atoms with Gasteiger partial charge in [-0.3, -0.25) is 9.63 Å². The van der Waals surface area contributed by atoms with E-state index in [0.29, 0.717) is 25.1 Å². The SMILES string of the molecule is [CH2]Cc1cccc(N(C=O)OCc2ccccc2)c1. The third kappa shape index (κ3) is 3.66. The second-order valence-corrected chi connectivity index (χ2v) is 4.11. The molecule has 0 atom stereocenters. The van der Waals surface area contributed by atoms with Crippen LogP contribution in [-0.4, -0.2) is 6.41 Å². The molecule has 0 unspecified atom stereocenters. The van der Waals surface area contributed by atoms with Crippen molar-refractivity contribution in [3.05, 3.63) is 72.6 Å². The van der Waals surface area contributed by atoms with Gasteiger partial charge in [-0.2, -0.15) is 5.06 Å². The van der Waals surface area contributed by atoms with Gasteiger partial charge in [-0.05, 0) is 36.6 Å². The van der Waals surface area contributed by atoms with Gasteiger partial charge in [0.25, 0.3) is 0 Å². The number of rotatable bonds is 6. The first kappa shape index (κ1) is 13.3. The minimum absolute atomic E-state index is 0.355. The van der Waals surface area contributed by atoms with Crippen LogP contribution in [0.3, 0.4) is 0 Å². The molecule has 3 heteroatoms. The lowest BCUT2D eigenvalue weighted by Crippen LogP contribution is -2.21. The van der Waals surface area contributed by atoms with Gasteiger partial charge in [-0.25, -0.2) is 0 Å². The number of hydrogen-bond donors (Lipinski definition) is 0. The Balaban J connectivity index is 2.05. The molecule has 0 N–H and O–H groups in total. The van der Waals surface area contributed by atoms with Crippen LogP contribution in [0.4, 0.5) is 5.69 Å². The van der Waals surface area contributed by atoms with Crippen LogP contribution in [0.2, 0.25) is 0 Å². The summed E-state index contributed by atoms with van der Waals surface area (Å²) in [4.78, 5) is 16.6. The van der Waals surface area contributed by atoms with Gasteiger partial charge < -0.3 is 0 Å². The van der Waals surface area contributed by atoms with Crippen molar-refractivity contribution >= 4 is 12.1 Å². The molecule has 1 radical (unpaired) electrons. The normalized spacial score (nSPS) is 10.2. The Hall–Kier alpha value is -2.13. The van der Waals surface area contributed by atoms with E-state index in [-0.39, 0.29) is 0 Å². The summed E-state index contributed by atoms with van der Waals surface area (Å²) < 4.78 is 0. The van der Waals surface area contributed by atoms with Gasteiger partial charge >= 0.3 is 0 Å². The number of hydrogen-bond acceptors (Lipinski definition) is 2. The van der Waals surface area contributed by atoms with E-state index in [4.69, 9.17) is 4.84 Å². The van der Waals surface area contributed by atoms with Crippen molar-refractivity contribution in [1.29, 1.82) is 0 Å². The summed E-state index contributed by atoms with van der Waals surface area (Å²) in [5.74, 6) is 0. The molecule has 0 aliphatic rings. The standard InChI is InChI=1S/C16H16NO2/c1-2-14-9-6-10-16(11-14)17(13-18)19-12-15-7-4-3-5-8-15/h3-11,13H,1-2,12H2. The lowest BCUT2D eigenvalue weighted by molar-refractivity contribution is -0.114. The van der Waals surface area contributed by atoms with Crippen LogP contribution in [0.1, 0.15) is 11.1 Å². The molecule has 0 aliphatic heterocycles. The van der Waals surface area contributed by atoms with Crippen LogP contribution < -0.4 is 5.06 Å². The third-order valence-electron chi connectivity index (χ3n) is 2.76. The molecule has 0 saturated carbocycles. The van der Waals surface area contributed by atoms with Gasteiger partial charge in [0.2, 0.25) is 6.41 Å². The first-order valence-electron chi connectivity index (χ1n) is 6.13. The van der Waals surface area contributed by atoms with Crippen molar-refractivity contribution < 1.29 is 9.63 Å². The van der Waals surface area contributed by atoms with Crippen LogP contribution in [0, 0.1) is 6.92 Å². The number of nitrogens with zero attached hydrogens (tertiary/aromatic N) is 1. The highest BCUT2D eigenvalue weighted by Crippen LogP contribution is 2.16. The Kier molecular flexibility index (Phi) is 4.70. The summed E-state index contributed by atoms with van der Waals surface area (Å²) in [7, 11) is 0. The van der Waals surface area contributed by atoms with Gasteiger partial charge in [0.05, 0.1) is 5.69 Å². The summed E-state index contributed by atoms with van der Waals surface area (Å²) in [5, 5.41) is 1.24. The summed E-state index contributed by atoms with van der Waals surface area (Å²) in [5.41, 5.74) is 2.79. The fourth-order valence-electron chi connectivity index (χ4n) is 1.73. The van der Waals surface area contributed by atoms with E-state index in [1.54, 1.807) is 0 Å². The molecule has 0 aromatic heterocycles. The minimum Gasteiger partial charge on any atom is -0.276 e. The molecule has 97 valence electrons.